The lowest BCUT2D eigenvalue weighted by atomic mass is 9.97. The Bertz CT molecular complexity index is 385. The molecule has 1 unspecified atom stereocenters. The van der Waals surface area contributed by atoms with Crippen molar-refractivity contribution in [2.45, 2.75) is 31.1 Å². The van der Waals surface area contributed by atoms with Gasteiger partial charge in [-0.15, -0.1) is 0 Å². The fraction of sp³-hybridized carbons (Fsp3) is 0.538. The molecule has 2 aliphatic rings. The van der Waals surface area contributed by atoms with Gasteiger partial charge in [0.2, 0.25) is 0 Å². The maximum Gasteiger partial charge on any atom is 0.196 e. The van der Waals surface area contributed by atoms with Crippen LogP contribution >= 0.6 is 0 Å². The number of aryl methyl sites for hydroxylation is 1. The lowest BCUT2D eigenvalue weighted by molar-refractivity contribution is -0.172. The average Bonchev–Trinajstić information content (AvgIpc) is 2.70. The van der Waals surface area contributed by atoms with E-state index in [4.69, 9.17) is 15.2 Å². The van der Waals surface area contributed by atoms with E-state index in [0.29, 0.717) is 13.2 Å². The van der Waals surface area contributed by atoms with E-state index in [2.05, 4.69) is 18.2 Å². The Morgan fingerprint density at radius 1 is 1.19 bits per heavy atom. The summed E-state index contributed by atoms with van der Waals surface area (Å²) in [5, 5.41) is 0. The van der Waals surface area contributed by atoms with Gasteiger partial charge in [-0.1, -0.05) is 24.3 Å². The molecule has 2 N–H and O–H groups in total. The van der Waals surface area contributed by atoms with Crippen LogP contribution in [0.1, 0.15) is 24.0 Å². The van der Waals surface area contributed by atoms with E-state index >= 15 is 0 Å². The second-order valence-corrected chi connectivity index (χ2v) is 4.61. The molecule has 3 rings (SSSR count). The first-order chi connectivity index (χ1) is 7.80. The first kappa shape index (κ1) is 10.3. The van der Waals surface area contributed by atoms with Crippen LogP contribution < -0.4 is 5.73 Å². The molecule has 1 atom stereocenters. The summed E-state index contributed by atoms with van der Waals surface area (Å²) < 4.78 is 11.7. The number of rotatable bonds is 0. The first-order valence-electron chi connectivity index (χ1n) is 5.92. The van der Waals surface area contributed by atoms with Crippen molar-refractivity contribution in [3.05, 3.63) is 35.4 Å². The molecule has 86 valence electrons. The minimum atomic E-state index is -0.563. The predicted octanol–water partition coefficient (Wildman–Crippen LogP) is 1.55. The van der Waals surface area contributed by atoms with Gasteiger partial charge in [-0.25, -0.2) is 0 Å². The highest BCUT2D eigenvalue weighted by Gasteiger charge is 2.42. The van der Waals surface area contributed by atoms with Crippen molar-refractivity contribution in [1.29, 1.82) is 0 Å². The van der Waals surface area contributed by atoms with Gasteiger partial charge in [0.25, 0.3) is 0 Å². The Labute approximate surface area is 95.5 Å². The Balaban J connectivity index is 2.08. The van der Waals surface area contributed by atoms with Crippen molar-refractivity contribution in [1.82, 2.24) is 0 Å². The van der Waals surface area contributed by atoms with Crippen LogP contribution in [0.15, 0.2) is 24.3 Å². The van der Waals surface area contributed by atoms with Crippen LogP contribution in [-0.2, 0) is 21.7 Å². The number of fused-ring (bicyclic) bond motifs is 2. The summed E-state index contributed by atoms with van der Waals surface area (Å²) >= 11 is 0. The van der Waals surface area contributed by atoms with Crippen LogP contribution in [0.2, 0.25) is 0 Å². The number of nitrogens with two attached hydrogens (primary N) is 1. The molecule has 1 aliphatic heterocycles. The third-order valence-electron chi connectivity index (χ3n) is 3.50. The van der Waals surface area contributed by atoms with E-state index in [1.807, 2.05) is 6.07 Å². The molecule has 0 amide bonds. The topological polar surface area (TPSA) is 44.5 Å². The molecule has 1 aromatic rings. The second kappa shape index (κ2) is 3.84. The maximum atomic E-state index is 6.11. The molecular formula is C13H17NO2. The molecular weight excluding hydrogens is 202 g/mol. The van der Waals surface area contributed by atoms with Crippen molar-refractivity contribution in [2.75, 3.05) is 13.2 Å². The number of ether oxygens (including phenoxy) is 2. The molecule has 16 heavy (non-hydrogen) atoms. The fourth-order valence-electron chi connectivity index (χ4n) is 2.74. The van der Waals surface area contributed by atoms with Gasteiger partial charge >= 0.3 is 0 Å². The number of hydrogen-bond donors (Lipinski definition) is 1. The van der Waals surface area contributed by atoms with Crippen molar-refractivity contribution < 1.29 is 9.47 Å². The Morgan fingerprint density at radius 3 is 2.75 bits per heavy atom. The van der Waals surface area contributed by atoms with Crippen LogP contribution in [0.5, 0.6) is 0 Å². The molecule has 0 radical (unpaired) electrons. The molecule has 0 bridgehead atoms. The fourth-order valence-corrected chi connectivity index (χ4v) is 2.74. The standard InChI is InChI=1S/C13H17NO2/c14-11-6-5-10-3-1-2-4-12(10)13(9-11)15-7-8-16-13/h1-4,11H,5-9,14H2. The zero-order chi connectivity index (χ0) is 11.0. The zero-order valence-electron chi connectivity index (χ0n) is 9.32. The monoisotopic (exact) mass is 219 g/mol. The molecule has 1 fully saturated rings. The van der Waals surface area contributed by atoms with Crippen LogP contribution in [0.3, 0.4) is 0 Å². The SMILES string of the molecule is NC1CCc2ccccc2C2(C1)OCCO2. The lowest BCUT2D eigenvalue weighted by Crippen LogP contribution is -2.34. The molecule has 3 heteroatoms. The van der Waals surface area contributed by atoms with E-state index in [-0.39, 0.29) is 6.04 Å². The minimum absolute atomic E-state index is 0.158. The third kappa shape index (κ3) is 1.56. The van der Waals surface area contributed by atoms with Crippen molar-refractivity contribution in [3.8, 4) is 0 Å². The number of benzene rings is 1. The summed E-state index contributed by atoms with van der Waals surface area (Å²) in [6.45, 7) is 1.34. The summed E-state index contributed by atoms with van der Waals surface area (Å²) in [4.78, 5) is 0. The van der Waals surface area contributed by atoms with Gasteiger partial charge in [0, 0.05) is 18.0 Å². The molecule has 0 saturated carbocycles. The Kier molecular flexibility index (Phi) is 2.46. The van der Waals surface area contributed by atoms with Gasteiger partial charge in [-0.3, -0.25) is 0 Å². The van der Waals surface area contributed by atoms with Gasteiger partial charge in [-0.2, -0.15) is 0 Å². The molecule has 1 aliphatic carbocycles. The summed E-state index contributed by atoms with van der Waals surface area (Å²) in [5.74, 6) is -0.563. The van der Waals surface area contributed by atoms with Crippen LogP contribution in [0.25, 0.3) is 0 Å². The largest absolute Gasteiger partial charge is 0.343 e. The molecule has 3 nitrogen and oxygen atoms in total. The summed E-state index contributed by atoms with van der Waals surface area (Å²) in [7, 11) is 0. The van der Waals surface area contributed by atoms with Crippen molar-refractivity contribution in [2.24, 2.45) is 5.73 Å². The van der Waals surface area contributed by atoms with E-state index < -0.39 is 5.79 Å². The molecule has 1 heterocycles. The van der Waals surface area contributed by atoms with E-state index in [1.54, 1.807) is 0 Å². The van der Waals surface area contributed by atoms with E-state index in [1.165, 1.54) is 11.1 Å². The number of hydrogen-bond acceptors (Lipinski definition) is 3. The van der Waals surface area contributed by atoms with Gasteiger partial charge in [0.15, 0.2) is 5.79 Å². The van der Waals surface area contributed by atoms with Crippen LogP contribution in [-0.4, -0.2) is 19.3 Å². The lowest BCUT2D eigenvalue weighted by Gasteiger charge is -2.29. The quantitative estimate of drug-likeness (QED) is 0.720. The summed E-state index contributed by atoms with van der Waals surface area (Å²) in [6, 6.07) is 8.53. The third-order valence-corrected chi connectivity index (χ3v) is 3.50. The molecule has 1 spiro atoms. The van der Waals surface area contributed by atoms with Gasteiger partial charge in [0.05, 0.1) is 13.2 Å². The first-order valence-corrected chi connectivity index (χ1v) is 5.92. The second-order valence-electron chi connectivity index (χ2n) is 4.61. The van der Waals surface area contributed by atoms with Gasteiger partial charge < -0.3 is 15.2 Å². The van der Waals surface area contributed by atoms with Crippen molar-refractivity contribution >= 4 is 0 Å². The minimum Gasteiger partial charge on any atom is -0.343 e. The van der Waals surface area contributed by atoms with E-state index in [0.717, 1.165) is 19.3 Å². The van der Waals surface area contributed by atoms with Gasteiger partial charge in [0.1, 0.15) is 0 Å². The Morgan fingerprint density at radius 2 is 1.94 bits per heavy atom. The van der Waals surface area contributed by atoms with E-state index in [9.17, 15) is 0 Å². The molecule has 0 aromatic heterocycles. The Hall–Kier alpha value is -0.900. The smallest absolute Gasteiger partial charge is 0.196 e. The van der Waals surface area contributed by atoms with Crippen LogP contribution in [0.4, 0.5) is 0 Å². The normalized spacial score (nSPS) is 27.7. The molecule has 1 aromatic carbocycles. The predicted molar refractivity (Wildman–Crippen MR) is 60.9 cm³/mol. The molecule has 1 saturated heterocycles. The maximum absolute atomic E-state index is 6.11. The average molecular weight is 219 g/mol. The highest BCUT2D eigenvalue weighted by molar-refractivity contribution is 5.33. The van der Waals surface area contributed by atoms with Crippen molar-refractivity contribution in [3.63, 3.8) is 0 Å². The highest BCUT2D eigenvalue weighted by atomic mass is 16.7. The zero-order valence-corrected chi connectivity index (χ0v) is 9.32. The van der Waals surface area contributed by atoms with Gasteiger partial charge in [-0.05, 0) is 18.4 Å². The van der Waals surface area contributed by atoms with Crippen LogP contribution in [0, 0.1) is 0 Å². The highest BCUT2D eigenvalue weighted by Crippen LogP contribution is 2.40. The summed E-state index contributed by atoms with van der Waals surface area (Å²) in [6.07, 6.45) is 2.79. The summed E-state index contributed by atoms with van der Waals surface area (Å²) in [5.41, 5.74) is 8.61.